The Balaban J connectivity index is 1.52. The average molecular weight is 414 g/mol. The second-order valence-electron chi connectivity index (χ2n) is 7.85. The highest BCUT2D eigenvalue weighted by Gasteiger charge is 2.42. The van der Waals surface area contributed by atoms with Gasteiger partial charge in [-0.1, -0.05) is 11.6 Å². The molecule has 2 fully saturated rings. The number of alkyl halides is 2. The molecular weight excluding hydrogens is 392 g/mol. The number of rotatable bonds is 5. The van der Waals surface area contributed by atoms with Gasteiger partial charge in [-0.2, -0.15) is 0 Å². The van der Waals surface area contributed by atoms with Crippen LogP contribution >= 0.6 is 11.6 Å². The highest BCUT2D eigenvalue weighted by molar-refractivity contribution is 6.36. The monoisotopic (exact) mass is 413 g/mol. The van der Waals surface area contributed by atoms with Crippen molar-refractivity contribution in [3.8, 4) is 0 Å². The van der Waals surface area contributed by atoms with Crippen molar-refractivity contribution < 1.29 is 23.4 Å². The second-order valence-corrected chi connectivity index (χ2v) is 8.26. The molecule has 2 aliphatic rings. The van der Waals surface area contributed by atoms with Crippen LogP contribution in [0.2, 0.25) is 5.02 Å². The zero-order valence-electron chi connectivity index (χ0n) is 15.3. The molecule has 3 heterocycles. The van der Waals surface area contributed by atoms with Crippen LogP contribution in [0.4, 0.5) is 8.78 Å². The summed E-state index contributed by atoms with van der Waals surface area (Å²) in [6, 6.07) is 1.62. The van der Waals surface area contributed by atoms with E-state index >= 15 is 0 Å². The van der Waals surface area contributed by atoms with Crippen molar-refractivity contribution in [2.75, 3.05) is 19.8 Å². The fraction of sp³-hybridized carbons (Fsp3) is 0.579. The van der Waals surface area contributed by atoms with Gasteiger partial charge in [-0.25, -0.2) is 13.8 Å². The number of aromatic nitrogens is 2. The summed E-state index contributed by atoms with van der Waals surface area (Å²) in [6.07, 6.45) is 2.44. The molecule has 152 valence electrons. The van der Waals surface area contributed by atoms with Gasteiger partial charge in [0, 0.05) is 44.2 Å². The lowest BCUT2D eigenvalue weighted by atomic mass is 9.82. The third-order valence-electron chi connectivity index (χ3n) is 5.60. The minimum atomic E-state index is -2.74. The lowest BCUT2D eigenvalue weighted by Gasteiger charge is -2.35. The number of amides is 1. The molecule has 4 rings (SSSR count). The van der Waals surface area contributed by atoms with Crippen molar-refractivity contribution in [2.24, 2.45) is 5.92 Å². The summed E-state index contributed by atoms with van der Waals surface area (Å²) < 4.78 is 33.8. The van der Waals surface area contributed by atoms with Crippen molar-refractivity contribution in [3.05, 3.63) is 29.0 Å². The molecule has 0 bridgehead atoms. The number of fused-ring (bicyclic) bond motifs is 1. The summed E-state index contributed by atoms with van der Waals surface area (Å²) in [6.45, 7) is 1.91. The lowest BCUT2D eigenvalue weighted by molar-refractivity contribution is -0.101. The predicted molar refractivity (Wildman–Crippen MR) is 99.8 cm³/mol. The van der Waals surface area contributed by atoms with E-state index in [9.17, 15) is 18.7 Å². The summed E-state index contributed by atoms with van der Waals surface area (Å²) in [4.78, 5) is 17.2. The molecule has 2 aromatic rings. The largest absolute Gasteiger partial charge is 0.388 e. The van der Waals surface area contributed by atoms with Gasteiger partial charge in [0.15, 0.2) is 0 Å². The van der Waals surface area contributed by atoms with Crippen molar-refractivity contribution in [1.29, 1.82) is 0 Å². The van der Waals surface area contributed by atoms with E-state index in [-0.39, 0.29) is 32.2 Å². The van der Waals surface area contributed by atoms with E-state index in [1.807, 2.05) is 4.57 Å². The normalized spacial score (nSPS) is 21.4. The van der Waals surface area contributed by atoms with Gasteiger partial charge >= 0.3 is 0 Å². The zero-order valence-corrected chi connectivity index (χ0v) is 16.0. The molecule has 2 aromatic heterocycles. The average Bonchev–Trinajstić information content (AvgIpc) is 2.99. The van der Waals surface area contributed by atoms with Crippen LogP contribution in [-0.4, -0.2) is 51.8 Å². The van der Waals surface area contributed by atoms with Crippen LogP contribution < -0.4 is 5.32 Å². The Morgan fingerprint density at radius 1 is 1.36 bits per heavy atom. The fourth-order valence-electron chi connectivity index (χ4n) is 3.75. The van der Waals surface area contributed by atoms with Gasteiger partial charge in [-0.3, -0.25) is 4.79 Å². The number of hydrogen-bond donors (Lipinski definition) is 2. The van der Waals surface area contributed by atoms with Crippen LogP contribution in [0.15, 0.2) is 18.5 Å². The molecule has 0 radical (unpaired) electrons. The number of ether oxygens (including phenoxy) is 1. The smallest absolute Gasteiger partial charge is 0.253 e. The highest BCUT2D eigenvalue weighted by atomic mass is 35.5. The molecule has 28 heavy (non-hydrogen) atoms. The number of pyridine rings is 1. The van der Waals surface area contributed by atoms with E-state index in [0.717, 1.165) is 0 Å². The van der Waals surface area contributed by atoms with Crippen LogP contribution in [0.25, 0.3) is 11.0 Å². The van der Waals surface area contributed by atoms with Crippen LogP contribution in [0.1, 0.15) is 36.0 Å². The lowest BCUT2D eigenvalue weighted by Crippen LogP contribution is -2.47. The number of nitrogens with zero attached hydrogens (tertiary/aromatic N) is 2. The summed E-state index contributed by atoms with van der Waals surface area (Å²) in [5.41, 5.74) is -0.347. The minimum absolute atomic E-state index is 0.0496. The number of nitrogens with one attached hydrogen (secondary N) is 1. The molecular formula is C19H22ClF2N3O3. The quantitative estimate of drug-likeness (QED) is 0.790. The predicted octanol–water partition coefficient (Wildman–Crippen LogP) is 3.01. The first-order chi connectivity index (χ1) is 13.3. The van der Waals surface area contributed by atoms with Gasteiger partial charge in [-0.05, 0) is 18.9 Å². The molecule has 1 aliphatic carbocycles. The maximum atomic E-state index is 13.3. The summed E-state index contributed by atoms with van der Waals surface area (Å²) in [5, 5.41) is 14.2. The third kappa shape index (κ3) is 3.86. The van der Waals surface area contributed by atoms with Gasteiger partial charge in [0.05, 0.1) is 34.8 Å². The van der Waals surface area contributed by atoms with E-state index in [1.165, 1.54) is 0 Å². The number of halogens is 3. The number of hydrogen-bond acceptors (Lipinski definition) is 4. The van der Waals surface area contributed by atoms with Crippen LogP contribution in [-0.2, 0) is 11.3 Å². The molecule has 0 unspecified atom stereocenters. The van der Waals surface area contributed by atoms with Gasteiger partial charge in [0.1, 0.15) is 5.65 Å². The van der Waals surface area contributed by atoms with Crippen molar-refractivity contribution in [1.82, 2.24) is 14.9 Å². The molecule has 0 aromatic carbocycles. The molecule has 1 saturated carbocycles. The molecule has 0 spiro atoms. The van der Waals surface area contributed by atoms with Crippen LogP contribution in [0, 0.1) is 5.92 Å². The summed E-state index contributed by atoms with van der Waals surface area (Å²) >= 11 is 6.32. The fourth-order valence-corrected chi connectivity index (χ4v) is 4.00. The van der Waals surface area contributed by atoms with E-state index in [0.29, 0.717) is 47.3 Å². The molecule has 6 nitrogen and oxygen atoms in total. The standard InChI is InChI=1S/C19H22ClF2N3O3/c20-14-1-6-23-16-15(14)13(8-25(16)7-12-9-28-10-12)17(26)24-11-18(27)2-4-19(21,22)5-3-18/h1,6,8,12,27H,2-5,7,9-11H2,(H,24,26). The number of carbonyl (C=O) groups is 1. The van der Waals surface area contributed by atoms with Gasteiger partial charge in [0.2, 0.25) is 5.92 Å². The van der Waals surface area contributed by atoms with Gasteiger partial charge in [0.25, 0.3) is 5.91 Å². The summed E-state index contributed by atoms with van der Waals surface area (Å²) in [5.74, 6) is -2.79. The first-order valence-electron chi connectivity index (χ1n) is 9.36. The van der Waals surface area contributed by atoms with Crippen LogP contribution in [0.3, 0.4) is 0 Å². The molecule has 9 heteroatoms. The molecule has 1 saturated heterocycles. The Bertz CT molecular complexity index is 888. The number of carbonyl (C=O) groups excluding carboxylic acids is 1. The van der Waals surface area contributed by atoms with E-state index in [2.05, 4.69) is 10.3 Å². The summed E-state index contributed by atoms with van der Waals surface area (Å²) in [7, 11) is 0. The maximum absolute atomic E-state index is 13.3. The van der Waals surface area contributed by atoms with Crippen molar-refractivity contribution in [2.45, 2.75) is 43.8 Å². The molecule has 1 aliphatic heterocycles. The highest BCUT2D eigenvalue weighted by Crippen LogP contribution is 2.38. The van der Waals surface area contributed by atoms with Gasteiger partial charge < -0.3 is 19.7 Å². The van der Waals surface area contributed by atoms with E-state index < -0.39 is 17.4 Å². The van der Waals surface area contributed by atoms with E-state index in [4.69, 9.17) is 16.3 Å². The Morgan fingerprint density at radius 3 is 2.71 bits per heavy atom. The Kier molecular flexibility index (Phi) is 5.05. The first-order valence-corrected chi connectivity index (χ1v) is 9.74. The zero-order chi connectivity index (χ0) is 19.9. The van der Waals surface area contributed by atoms with E-state index in [1.54, 1.807) is 18.5 Å². The van der Waals surface area contributed by atoms with Crippen molar-refractivity contribution in [3.63, 3.8) is 0 Å². The van der Waals surface area contributed by atoms with Crippen LogP contribution in [0.5, 0.6) is 0 Å². The maximum Gasteiger partial charge on any atom is 0.253 e. The molecule has 0 atom stereocenters. The second kappa shape index (κ2) is 7.24. The molecule has 1 amide bonds. The molecule has 2 N–H and O–H groups in total. The Morgan fingerprint density at radius 2 is 2.07 bits per heavy atom. The van der Waals surface area contributed by atoms with Gasteiger partial charge in [-0.15, -0.1) is 0 Å². The van der Waals surface area contributed by atoms with Crippen molar-refractivity contribution >= 4 is 28.5 Å². The third-order valence-corrected chi connectivity index (χ3v) is 5.92. The minimum Gasteiger partial charge on any atom is -0.388 e. The Hall–Kier alpha value is -1.77. The number of aliphatic hydroxyl groups is 1. The SMILES string of the molecule is O=C(NCC1(O)CCC(F)(F)CC1)c1cn(CC2COC2)c2nccc(Cl)c12. The Labute approximate surface area is 165 Å². The topological polar surface area (TPSA) is 76.4 Å². The first kappa shape index (κ1) is 19.5.